The third-order valence-electron chi connectivity index (χ3n) is 7.00. The van der Waals surface area contributed by atoms with Gasteiger partial charge in [-0.25, -0.2) is 0 Å². The van der Waals surface area contributed by atoms with Gasteiger partial charge in [0.25, 0.3) is 0 Å². The van der Waals surface area contributed by atoms with Crippen LogP contribution in [0.25, 0.3) is 0 Å². The second kappa shape index (κ2) is 10.5. The van der Waals surface area contributed by atoms with E-state index in [4.69, 9.17) is 0 Å². The van der Waals surface area contributed by atoms with Gasteiger partial charge < -0.3 is 9.29 Å². The van der Waals surface area contributed by atoms with Crippen molar-refractivity contribution in [2.45, 2.75) is 91.2 Å². The standard InChI is InChI=1S/C27H37F3O4S/c1-8-26(9-2,21-12-10-20(18(3)16-21)11-15-24(31)25(5,6)7)22-13-14-23(19(4)17-22)34-35(32,33)27(28,29)30/h10,12-14,16-17,24,31H,8-9,11,15H2,1-7H3. The second-order valence-corrected chi connectivity index (χ2v) is 11.9. The zero-order valence-corrected chi connectivity index (χ0v) is 22.4. The van der Waals surface area contributed by atoms with Crippen molar-refractivity contribution in [2.75, 3.05) is 0 Å². The van der Waals surface area contributed by atoms with E-state index in [1.807, 2.05) is 27.7 Å². The van der Waals surface area contributed by atoms with Crippen LogP contribution in [0, 0.1) is 19.3 Å². The molecule has 0 aliphatic carbocycles. The number of alkyl halides is 3. The number of hydrogen-bond donors (Lipinski definition) is 1. The van der Waals surface area contributed by atoms with Crippen LogP contribution in [0.3, 0.4) is 0 Å². The smallest absolute Gasteiger partial charge is 0.393 e. The van der Waals surface area contributed by atoms with E-state index in [0.717, 1.165) is 41.5 Å². The summed E-state index contributed by atoms with van der Waals surface area (Å²) in [5.41, 5.74) is -1.52. The van der Waals surface area contributed by atoms with Crippen LogP contribution in [-0.4, -0.2) is 25.1 Å². The van der Waals surface area contributed by atoms with Gasteiger partial charge in [0, 0.05) is 5.41 Å². The Hall–Kier alpha value is -2.06. The van der Waals surface area contributed by atoms with Crippen LogP contribution in [0.4, 0.5) is 13.2 Å². The number of rotatable bonds is 9. The van der Waals surface area contributed by atoms with Gasteiger partial charge >= 0.3 is 15.6 Å². The minimum absolute atomic E-state index is 0.180. The first-order valence-electron chi connectivity index (χ1n) is 11.9. The van der Waals surface area contributed by atoms with Gasteiger partial charge in [-0.1, -0.05) is 65.0 Å². The van der Waals surface area contributed by atoms with Crippen molar-refractivity contribution in [1.82, 2.24) is 0 Å². The average molecular weight is 515 g/mol. The molecule has 1 atom stereocenters. The molecule has 0 aliphatic rings. The molecular formula is C27H37F3O4S. The Morgan fingerprint density at radius 3 is 1.86 bits per heavy atom. The molecule has 2 aromatic rings. The van der Waals surface area contributed by atoms with Crippen molar-refractivity contribution in [1.29, 1.82) is 0 Å². The second-order valence-electron chi connectivity index (χ2n) is 10.3. The third kappa shape index (κ3) is 6.39. The Morgan fingerprint density at radius 2 is 1.43 bits per heavy atom. The molecule has 0 spiro atoms. The molecule has 2 aromatic carbocycles. The van der Waals surface area contributed by atoms with E-state index in [0.29, 0.717) is 12.0 Å². The third-order valence-corrected chi connectivity index (χ3v) is 7.97. The molecule has 0 aliphatic heterocycles. The van der Waals surface area contributed by atoms with Gasteiger partial charge in [0.1, 0.15) is 5.75 Å². The first-order chi connectivity index (χ1) is 16.0. The predicted octanol–water partition coefficient (Wildman–Crippen LogP) is 6.98. The van der Waals surface area contributed by atoms with Crippen LogP contribution in [0.15, 0.2) is 36.4 Å². The molecule has 0 radical (unpaired) electrons. The number of benzene rings is 2. The Kier molecular flexibility index (Phi) is 8.76. The number of aliphatic hydroxyl groups is 1. The summed E-state index contributed by atoms with van der Waals surface area (Å²) < 4.78 is 65.5. The molecule has 4 nitrogen and oxygen atoms in total. The highest BCUT2D eigenvalue weighted by molar-refractivity contribution is 7.88. The fourth-order valence-electron chi connectivity index (χ4n) is 4.44. The highest BCUT2D eigenvalue weighted by Gasteiger charge is 2.48. The van der Waals surface area contributed by atoms with Gasteiger partial charge in [-0.2, -0.15) is 21.6 Å². The van der Waals surface area contributed by atoms with E-state index in [1.54, 1.807) is 12.1 Å². The van der Waals surface area contributed by atoms with E-state index in [1.165, 1.54) is 13.0 Å². The summed E-state index contributed by atoms with van der Waals surface area (Å²) >= 11 is 0. The minimum atomic E-state index is -5.73. The van der Waals surface area contributed by atoms with E-state index < -0.39 is 27.1 Å². The molecular weight excluding hydrogens is 477 g/mol. The summed E-state index contributed by atoms with van der Waals surface area (Å²) in [6.45, 7) is 13.7. The van der Waals surface area contributed by atoms with Crippen molar-refractivity contribution in [3.63, 3.8) is 0 Å². The van der Waals surface area contributed by atoms with Crippen LogP contribution in [0.5, 0.6) is 5.75 Å². The quantitative estimate of drug-likeness (QED) is 0.290. The molecule has 1 unspecified atom stereocenters. The number of aliphatic hydroxyl groups excluding tert-OH is 1. The van der Waals surface area contributed by atoms with Crippen LogP contribution < -0.4 is 4.18 Å². The fourth-order valence-corrected chi connectivity index (χ4v) is 4.96. The maximum Gasteiger partial charge on any atom is 0.534 e. The van der Waals surface area contributed by atoms with Crippen molar-refractivity contribution < 1.29 is 30.9 Å². The lowest BCUT2D eigenvalue weighted by atomic mass is 9.69. The van der Waals surface area contributed by atoms with Crippen LogP contribution in [0.1, 0.15) is 81.7 Å². The molecule has 0 bridgehead atoms. The van der Waals surface area contributed by atoms with Gasteiger partial charge in [0.05, 0.1) is 6.10 Å². The number of halogens is 3. The maximum atomic E-state index is 12.8. The normalized spacial score (nSPS) is 14.1. The summed E-state index contributed by atoms with van der Waals surface area (Å²) in [6, 6.07) is 10.9. The molecule has 0 amide bonds. The lowest BCUT2D eigenvalue weighted by Gasteiger charge is -2.34. The number of hydrogen-bond acceptors (Lipinski definition) is 4. The number of aryl methyl sites for hydroxylation is 3. The monoisotopic (exact) mass is 514 g/mol. The topological polar surface area (TPSA) is 63.6 Å². The summed E-state index contributed by atoms with van der Waals surface area (Å²) in [7, 11) is -5.73. The highest BCUT2D eigenvalue weighted by atomic mass is 32.2. The molecule has 0 aromatic heterocycles. The Labute approximate surface area is 207 Å². The highest BCUT2D eigenvalue weighted by Crippen LogP contribution is 2.41. The fraction of sp³-hybridized carbons (Fsp3) is 0.556. The van der Waals surface area contributed by atoms with Gasteiger partial charge in [0.2, 0.25) is 0 Å². The van der Waals surface area contributed by atoms with Gasteiger partial charge in [-0.3, -0.25) is 0 Å². The Morgan fingerprint density at radius 1 is 0.914 bits per heavy atom. The largest absolute Gasteiger partial charge is 0.534 e. The van der Waals surface area contributed by atoms with Crippen molar-refractivity contribution in [2.24, 2.45) is 5.41 Å². The first kappa shape index (κ1) is 29.2. The molecule has 0 heterocycles. The van der Waals surface area contributed by atoms with Crippen LogP contribution in [-0.2, 0) is 22.0 Å². The summed E-state index contributed by atoms with van der Waals surface area (Å²) in [5.74, 6) is -0.337. The SMILES string of the molecule is CCC(CC)(c1ccc(CCC(O)C(C)(C)C)c(C)c1)c1ccc(OS(=O)(=O)C(F)(F)F)c(C)c1. The van der Waals surface area contributed by atoms with Gasteiger partial charge in [-0.15, -0.1) is 0 Å². The summed E-state index contributed by atoms with van der Waals surface area (Å²) in [5, 5.41) is 10.4. The predicted molar refractivity (Wildman–Crippen MR) is 133 cm³/mol. The summed E-state index contributed by atoms with van der Waals surface area (Å²) in [4.78, 5) is 0. The molecule has 0 saturated carbocycles. The summed E-state index contributed by atoms with van der Waals surface area (Å²) in [6.07, 6.45) is 2.50. The van der Waals surface area contributed by atoms with E-state index in [2.05, 4.69) is 36.2 Å². The maximum absolute atomic E-state index is 12.8. The molecule has 0 fully saturated rings. The molecule has 196 valence electrons. The molecule has 1 N–H and O–H groups in total. The van der Waals surface area contributed by atoms with E-state index in [9.17, 15) is 26.7 Å². The first-order valence-corrected chi connectivity index (χ1v) is 13.3. The lowest BCUT2D eigenvalue weighted by Crippen LogP contribution is -2.29. The lowest BCUT2D eigenvalue weighted by molar-refractivity contribution is -0.0500. The van der Waals surface area contributed by atoms with Crippen molar-refractivity contribution in [3.05, 3.63) is 64.2 Å². The van der Waals surface area contributed by atoms with Crippen molar-refractivity contribution >= 4 is 10.1 Å². The molecule has 0 saturated heterocycles. The van der Waals surface area contributed by atoms with E-state index >= 15 is 0 Å². The average Bonchev–Trinajstić information content (AvgIpc) is 2.74. The zero-order valence-electron chi connectivity index (χ0n) is 21.6. The molecule has 35 heavy (non-hydrogen) atoms. The minimum Gasteiger partial charge on any atom is -0.393 e. The van der Waals surface area contributed by atoms with Crippen molar-refractivity contribution in [3.8, 4) is 5.75 Å². The zero-order chi connectivity index (χ0) is 26.8. The Balaban J connectivity index is 2.40. The van der Waals surface area contributed by atoms with Crippen LogP contribution in [0.2, 0.25) is 0 Å². The van der Waals surface area contributed by atoms with Gasteiger partial charge in [0.15, 0.2) is 0 Å². The Bertz CT molecular complexity index is 1130. The molecule has 8 heteroatoms. The van der Waals surface area contributed by atoms with Crippen LogP contribution >= 0.6 is 0 Å². The van der Waals surface area contributed by atoms with Gasteiger partial charge in [-0.05, 0) is 78.8 Å². The molecule has 2 rings (SSSR count). The van der Waals surface area contributed by atoms with E-state index in [-0.39, 0.29) is 11.2 Å².